The molecule has 0 spiro atoms. The Kier molecular flexibility index (Phi) is 7.08. The highest BCUT2D eigenvalue weighted by molar-refractivity contribution is 5.79. The van der Waals surface area contributed by atoms with Gasteiger partial charge >= 0.3 is 0 Å². The van der Waals surface area contributed by atoms with Gasteiger partial charge in [0.25, 0.3) is 0 Å². The molecule has 0 fully saturated rings. The van der Waals surface area contributed by atoms with E-state index >= 15 is 0 Å². The van der Waals surface area contributed by atoms with Crippen LogP contribution in [-0.4, -0.2) is 45.0 Å². The van der Waals surface area contributed by atoms with E-state index in [4.69, 9.17) is 9.26 Å². The first kappa shape index (κ1) is 16.5. The molecule has 1 aromatic rings. The fraction of sp³-hybridized carbons (Fsp3) is 0.714. The van der Waals surface area contributed by atoms with Crippen molar-refractivity contribution < 1.29 is 9.26 Å². The highest BCUT2D eigenvalue weighted by Crippen LogP contribution is 2.22. The minimum absolute atomic E-state index is 0.318. The van der Waals surface area contributed by atoms with Crippen molar-refractivity contribution in [3.8, 4) is 0 Å². The number of rotatable bonds is 7. The summed E-state index contributed by atoms with van der Waals surface area (Å²) in [4.78, 5) is 4.20. The van der Waals surface area contributed by atoms with Gasteiger partial charge in [0.15, 0.2) is 5.96 Å². The van der Waals surface area contributed by atoms with E-state index < -0.39 is 0 Å². The van der Waals surface area contributed by atoms with Crippen LogP contribution in [0.5, 0.6) is 0 Å². The van der Waals surface area contributed by atoms with Crippen molar-refractivity contribution in [2.75, 3.05) is 33.9 Å². The van der Waals surface area contributed by atoms with Gasteiger partial charge in [0.1, 0.15) is 5.76 Å². The van der Waals surface area contributed by atoms with Gasteiger partial charge in [-0.25, -0.2) is 0 Å². The first-order valence-electron chi connectivity index (χ1n) is 6.96. The molecule has 0 aliphatic heterocycles. The zero-order chi connectivity index (χ0) is 15.0. The van der Waals surface area contributed by atoms with E-state index in [1.165, 1.54) is 5.56 Å². The van der Waals surface area contributed by atoms with Gasteiger partial charge in [-0.15, -0.1) is 0 Å². The molecular formula is C14H26N4O2. The first-order chi connectivity index (χ1) is 9.60. The van der Waals surface area contributed by atoms with Crippen molar-refractivity contribution >= 4 is 5.96 Å². The SMILES string of the molecule is CN=C(NCCCOC)NCC(C)c1c(C)noc1C. The van der Waals surface area contributed by atoms with Gasteiger partial charge < -0.3 is 19.9 Å². The van der Waals surface area contributed by atoms with Crippen LogP contribution in [0, 0.1) is 13.8 Å². The highest BCUT2D eigenvalue weighted by atomic mass is 16.5. The Labute approximate surface area is 121 Å². The van der Waals surface area contributed by atoms with E-state index in [-0.39, 0.29) is 0 Å². The monoisotopic (exact) mass is 282 g/mol. The summed E-state index contributed by atoms with van der Waals surface area (Å²) < 4.78 is 10.2. The van der Waals surface area contributed by atoms with Gasteiger partial charge in [-0.2, -0.15) is 0 Å². The second-order valence-corrected chi connectivity index (χ2v) is 4.87. The Morgan fingerprint density at radius 3 is 2.70 bits per heavy atom. The van der Waals surface area contributed by atoms with E-state index in [1.54, 1.807) is 14.2 Å². The number of aliphatic imine (C=N–C) groups is 1. The Morgan fingerprint density at radius 1 is 1.40 bits per heavy atom. The van der Waals surface area contributed by atoms with Crippen LogP contribution in [0.15, 0.2) is 9.52 Å². The Hall–Kier alpha value is -1.56. The number of nitrogens with zero attached hydrogens (tertiary/aromatic N) is 2. The van der Waals surface area contributed by atoms with Gasteiger partial charge in [0.05, 0.1) is 5.69 Å². The molecule has 0 saturated heterocycles. The maximum atomic E-state index is 5.20. The lowest BCUT2D eigenvalue weighted by Crippen LogP contribution is -2.39. The quantitative estimate of drug-likeness (QED) is 0.451. The number of ether oxygens (including phenoxy) is 1. The van der Waals surface area contributed by atoms with Crippen LogP contribution in [0.25, 0.3) is 0 Å². The Morgan fingerprint density at radius 2 is 2.15 bits per heavy atom. The Balaban J connectivity index is 2.41. The van der Waals surface area contributed by atoms with Crippen LogP contribution in [-0.2, 0) is 4.74 Å². The standard InChI is InChI=1S/C14H26N4O2/c1-10(13-11(2)18-20-12(13)3)9-17-14(15-4)16-7-6-8-19-5/h10H,6-9H2,1-5H3,(H2,15,16,17). The number of nitrogens with one attached hydrogen (secondary N) is 2. The zero-order valence-corrected chi connectivity index (χ0v) is 13.1. The number of guanidine groups is 1. The van der Waals surface area contributed by atoms with Gasteiger partial charge in [0.2, 0.25) is 0 Å². The summed E-state index contributed by atoms with van der Waals surface area (Å²) in [5, 5.41) is 10.6. The third-order valence-corrected chi connectivity index (χ3v) is 3.20. The van der Waals surface area contributed by atoms with Gasteiger partial charge in [-0.05, 0) is 20.3 Å². The summed E-state index contributed by atoms with van der Waals surface area (Å²) in [6.07, 6.45) is 0.955. The molecule has 1 heterocycles. The smallest absolute Gasteiger partial charge is 0.190 e. The molecule has 6 heteroatoms. The van der Waals surface area contributed by atoms with Crippen molar-refractivity contribution in [2.45, 2.75) is 33.1 Å². The molecule has 0 radical (unpaired) electrons. The van der Waals surface area contributed by atoms with Crippen LogP contribution in [0.1, 0.15) is 36.3 Å². The Bertz CT molecular complexity index is 409. The van der Waals surface area contributed by atoms with Crippen molar-refractivity contribution in [3.05, 3.63) is 17.0 Å². The number of aryl methyl sites for hydroxylation is 2. The van der Waals surface area contributed by atoms with E-state index in [9.17, 15) is 0 Å². The van der Waals surface area contributed by atoms with Crippen LogP contribution in [0.3, 0.4) is 0 Å². The summed E-state index contributed by atoms with van der Waals surface area (Å²) >= 11 is 0. The van der Waals surface area contributed by atoms with E-state index in [0.29, 0.717) is 5.92 Å². The molecule has 0 aromatic carbocycles. The molecule has 2 N–H and O–H groups in total. The third-order valence-electron chi connectivity index (χ3n) is 3.20. The van der Waals surface area contributed by atoms with Crippen molar-refractivity contribution in [1.29, 1.82) is 0 Å². The molecule has 1 unspecified atom stereocenters. The molecular weight excluding hydrogens is 256 g/mol. The predicted octanol–water partition coefficient (Wildman–Crippen LogP) is 1.60. The topological polar surface area (TPSA) is 71.7 Å². The second kappa shape index (κ2) is 8.58. The molecule has 1 rings (SSSR count). The predicted molar refractivity (Wildman–Crippen MR) is 80.2 cm³/mol. The number of hydrogen-bond donors (Lipinski definition) is 2. The third kappa shape index (κ3) is 4.85. The number of hydrogen-bond acceptors (Lipinski definition) is 4. The van der Waals surface area contributed by atoms with Gasteiger partial charge in [-0.1, -0.05) is 12.1 Å². The lowest BCUT2D eigenvalue weighted by Gasteiger charge is -2.16. The van der Waals surface area contributed by atoms with Gasteiger partial charge in [0, 0.05) is 45.3 Å². The molecule has 0 aliphatic rings. The van der Waals surface area contributed by atoms with E-state index in [2.05, 4.69) is 27.7 Å². The maximum Gasteiger partial charge on any atom is 0.190 e. The fourth-order valence-corrected chi connectivity index (χ4v) is 2.19. The van der Waals surface area contributed by atoms with Gasteiger partial charge in [-0.3, -0.25) is 4.99 Å². The molecule has 0 amide bonds. The lowest BCUT2D eigenvalue weighted by molar-refractivity contribution is 0.195. The number of aromatic nitrogens is 1. The average Bonchev–Trinajstić information content (AvgIpc) is 2.77. The molecule has 0 bridgehead atoms. The lowest BCUT2D eigenvalue weighted by atomic mass is 10.00. The molecule has 114 valence electrons. The summed E-state index contributed by atoms with van der Waals surface area (Å²) in [7, 11) is 3.48. The molecule has 6 nitrogen and oxygen atoms in total. The van der Waals surface area contributed by atoms with Crippen molar-refractivity contribution in [3.63, 3.8) is 0 Å². The molecule has 0 aliphatic carbocycles. The van der Waals surface area contributed by atoms with Crippen LogP contribution < -0.4 is 10.6 Å². The zero-order valence-electron chi connectivity index (χ0n) is 13.1. The van der Waals surface area contributed by atoms with Crippen molar-refractivity contribution in [2.24, 2.45) is 4.99 Å². The van der Waals surface area contributed by atoms with E-state index in [0.717, 1.165) is 43.5 Å². The molecule has 0 saturated carbocycles. The van der Waals surface area contributed by atoms with Crippen LogP contribution >= 0.6 is 0 Å². The van der Waals surface area contributed by atoms with Crippen LogP contribution in [0.2, 0.25) is 0 Å². The minimum Gasteiger partial charge on any atom is -0.385 e. The minimum atomic E-state index is 0.318. The fourth-order valence-electron chi connectivity index (χ4n) is 2.19. The van der Waals surface area contributed by atoms with Crippen molar-refractivity contribution in [1.82, 2.24) is 15.8 Å². The maximum absolute atomic E-state index is 5.20. The second-order valence-electron chi connectivity index (χ2n) is 4.87. The molecule has 1 aromatic heterocycles. The number of methoxy groups -OCH3 is 1. The summed E-state index contributed by atoms with van der Waals surface area (Å²) in [6.45, 7) is 8.45. The molecule has 1 atom stereocenters. The normalized spacial score (nSPS) is 13.3. The largest absolute Gasteiger partial charge is 0.385 e. The van der Waals surface area contributed by atoms with E-state index in [1.807, 2.05) is 13.8 Å². The average molecular weight is 282 g/mol. The summed E-state index contributed by atoms with van der Waals surface area (Å²) in [6, 6.07) is 0. The summed E-state index contributed by atoms with van der Waals surface area (Å²) in [5.74, 6) is 2.01. The summed E-state index contributed by atoms with van der Waals surface area (Å²) in [5.41, 5.74) is 2.13. The highest BCUT2D eigenvalue weighted by Gasteiger charge is 2.16. The first-order valence-corrected chi connectivity index (χ1v) is 6.96. The van der Waals surface area contributed by atoms with Crippen LogP contribution in [0.4, 0.5) is 0 Å². The molecule has 20 heavy (non-hydrogen) atoms.